The summed E-state index contributed by atoms with van der Waals surface area (Å²) in [6.07, 6.45) is 10.2. The average Bonchev–Trinajstić information content (AvgIpc) is 2.67. The summed E-state index contributed by atoms with van der Waals surface area (Å²) in [5, 5.41) is 0.273. The fraction of sp³-hybridized carbons (Fsp3) is 0.583. The fourth-order valence-corrected chi connectivity index (χ4v) is 4.70. The second-order valence-corrected chi connectivity index (χ2v) is 8.26. The van der Waals surface area contributed by atoms with Gasteiger partial charge in [0.05, 0.1) is 5.39 Å². The molecule has 0 aliphatic heterocycles. The molecule has 0 heterocycles. The summed E-state index contributed by atoms with van der Waals surface area (Å²) in [4.78, 5) is 0. The fourth-order valence-electron chi connectivity index (χ4n) is 4.70. The molecule has 0 spiro atoms. The monoisotopic (exact) mass is 376 g/mol. The van der Waals surface area contributed by atoms with E-state index in [9.17, 15) is 13.2 Å². The first-order valence-electron chi connectivity index (χ1n) is 10.6. The van der Waals surface area contributed by atoms with Gasteiger partial charge in [0.2, 0.25) is 0 Å². The van der Waals surface area contributed by atoms with Gasteiger partial charge in [-0.25, -0.2) is 13.2 Å². The quantitative estimate of drug-likeness (QED) is 0.463. The predicted octanol–water partition coefficient (Wildman–Crippen LogP) is 7.75. The van der Waals surface area contributed by atoms with Crippen molar-refractivity contribution < 1.29 is 13.2 Å². The first kappa shape index (κ1) is 20.2. The van der Waals surface area contributed by atoms with Gasteiger partial charge in [-0.15, -0.1) is 0 Å². The highest BCUT2D eigenvalue weighted by Gasteiger charge is 2.22. The summed E-state index contributed by atoms with van der Waals surface area (Å²) >= 11 is 0. The molecular formula is C24H31F3. The first-order valence-corrected chi connectivity index (χ1v) is 10.6. The van der Waals surface area contributed by atoms with Gasteiger partial charge in [-0.1, -0.05) is 70.9 Å². The third-order valence-corrected chi connectivity index (χ3v) is 6.28. The van der Waals surface area contributed by atoms with E-state index in [0.717, 1.165) is 18.8 Å². The standard InChI is InChI=1S/C24H31F3/c1-3-5-16-7-9-17(10-8-16)11-12-20-15-19-14-13-18(6-4-2)22(25)21(19)24(27)23(20)26/h13-17H,3-12H2,1-2H3. The lowest BCUT2D eigenvalue weighted by molar-refractivity contribution is 0.251. The Bertz CT molecular complexity index is 773. The van der Waals surface area contributed by atoms with Crippen LogP contribution in [0.5, 0.6) is 0 Å². The number of fused-ring (bicyclic) bond motifs is 1. The molecule has 0 nitrogen and oxygen atoms in total. The summed E-state index contributed by atoms with van der Waals surface area (Å²) < 4.78 is 43.8. The smallest absolute Gasteiger partial charge is 0.169 e. The van der Waals surface area contributed by atoms with E-state index in [1.54, 1.807) is 18.2 Å². The molecule has 0 bridgehead atoms. The molecule has 1 saturated carbocycles. The van der Waals surface area contributed by atoms with Crippen LogP contribution in [0.15, 0.2) is 18.2 Å². The Kier molecular flexibility index (Phi) is 6.83. The van der Waals surface area contributed by atoms with Gasteiger partial charge in [0.15, 0.2) is 11.6 Å². The zero-order chi connectivity index (χ0) is 19.4. The van der Waals surface area contributed by atoms with E-state index >= 15 is 0 Å². The maximum atomic E-state index is 14.6. The molecule has 0 amide bonds. The topological polar surface area (TPSA) is 0 Å². The molecule has 3 rings (SSSR count). The minimum absolute atomic E-state index is 0.192. The molecule has 0 unspecified atom stereocenters. The van der Waals surface area contributed by atoms with Gasteiger partial charge >= 0.3 is 0 Å². The number of aryl methyl sites for hydroxylation is 2. The van der Waals surface area contributed by atoms with Crippen molar-refractivity contribution in [2.45, 2.75) is 78.1 Å². The van der Waals surface area contributed by atoms with Crippen LogP contribution in [0.4, 0.5) is 13.2 Å². The van der Waals surface area contributed by atoms with Crippen LogP contribution >= 0.6 is 0 Å². The third-order valence-electron chi connectivity index (χ3n) is 6.28. The average molecular weight is 377 g/mol. The highest BCUT2D eigenvalue weighted by Crippen LogP contribution is 2.35. The van der Waals surface area contributed by atoms with E-state index in [4.69, 9.17) is 0 Å². The largest absolute Gasteiger partial charge is 0.206 e. The minimum atomic E-state index is -1.02. The predicted molar refractivity (Wildman–Crippen MR) is 106 cm³/mol. The molecule has 0 radical (unpaired) electrons. The van der Waals surface area contributed by atoms with Crippen molar-refractivity contribution in [3.63, 3.8) is 0 Å². The van der Waals surface area contributed by atoms with Crippen LogP contribution in [-0.2, 0) is 12.8 Å². The second kappa shape index (κ2) is 9.12. The Morgan fingerprint density at radius 2 is 1.41 bits per heavy atom. The Balaban J connectivity index is 1.74. The van der Waals surface area contributed by atoms with Gasteiger partial charge in [0, 0.05) is 0 Å². The summed E-state index contributed by atoms with van der Waals surface area (Å²) in [7, 11) is 0. The van der Waals surface area contributed by atoms with E-state index in [1.807, 2.05) is 6.92 Å². The van der Waals surface area contributed by atoms with E-state index in [2.05, 4.69) is 6.92 Å². The Labute approximate surface area is 161 Å². The van der Waals surface area contributed by atoms with Crippen LogP contribution in [0.2, 0.25) is 0 Å². The molecule has 148 valence electrons. The van der Waals surface area contributed by atoms with Crippen LogP contribution in [-0.4, -0.2) is 0 Å². The van der Waals surface area contributed by atoms with Crippen LogP contribution in [0.3, 0.4) is 0 Å². The zero-order valence-corrected chi connectivity index (χ0v) is 16.6. The molecule has 2 aromatic carbocycles. The van der Waals surface area contributed by atoms with Crippen molar-refractivity contribution in [1.82, 2.24) is 0 Å². The van der Waals surface area contributed by atoms with Gasteiger partial charge < -0.3 is 0 Å². The number of benzene rings is 2. The number of hydrogen-bond acceptors (Lipinski definition) is 0. The SMILES string of the molecule is CCCc1ccc2cc(CCC3CCC(CCC)CC3)c(F)c(F)c2c1F. The van der Waals surface area contributed by atoms with Crippen molar-refractivity contribution in [3.8, 4) is 0 Å². The van der Waals surface area contributed by atoms with Crippen molar-refractivity contribution in [3.05, 3.63) is 46.8 Å². The Morgan fingerprint density at radius 3 is 2.04 bits per heavy atom. The Morgan fingerprint density at radius 1 is 0.741 bits per heavy atom. The van der Waals surface area contributed by atoms with E-state index in [-0.39, 0.29) is 5.39 Å². The van der Waals surface area contributed by atoms with Crippen LogP contribution in [0, 0.1) is 29.3 Å². The van der Waals surface area contributed by atoms with E-state index in [0.29, 0.717) is 35.3 Å². The van der Waals surface area contributed by atoms with Gasteiger partial charge in [0.1, 0.15) is 5.82 Å². The third kappa shape index (κ3) is 4.50. The molecule has 0 N–H and O–H groups in total. The number of halogens is 3. The second-order valence-electron chi connectivity index (χ2n) is 8.26. The molecule has 1 fully saturated rings. The van der Waals surface area contributed by atoms with Gasteiger partial charge in [-0.3, -0.25) is 0 Å². The summed E-state index contributed by atoms with van der Waals surface area (Å²) in [6.45, 7) is 4.18. The van der Waals surface area contributed by atoms with Gasteiger partial charge in [-0.05, 0) is 53.7 Å². The van der Waals surface area contributed by atoms with Crippen molar-refractivity contribution >= 4 is 10.8 Å². The summed E-state index contributed by atoms with van der Waals surface area (Å²) in [5.41, 5.74) is 0.846. The lowest BCUT2D eigenvalue weighted by Crippen LogP contribution is -2.15. The lowest BCUT2D eigenvalue weighted by Gasteiger charge is -2.28. The van der Waals surface area contributed by atoms with E-state index in [1.165, 1.54) is 38.5 Å². The van der Waals surface area contributed by atoms with E-state index < -0.39 is 17.5 Å². The van der Waals surface area contributed by atoms with Crippen molar-refractivity contribution in [1.29, 1.82) is 0 Å². The zero-order valence-electron chi connectivity index (χ0n) is 16.6. The first-order chi connectivity index (χ1) is 13.0. The van der Waals surface area contributed by atoms with Crippen molar-refractivity contribution in [2.75, 3.05) is 0 Å². The summed E-state index contributed by atoms with van der Waals surface area (Å²) in [5.74, 6) is -1.05. The number of hydrogen-bond donors (Lipinski definition) is 0. The molecule has 27 heavy (non-hydrogen) atoms. The molecule has 0 saturated heterocycles. The molecular weight excluding hydrogens is 345 g/mol. The van der Waals surface area contributed by atoms with Gasteiger partial charge in [0.25, 0.3) is 0 Å². The lowest BCUT2D eigenvalue weighted by atomic mass is 9.78. The van der Waals surface area contributed by atoms with Gasteiger partial charge in [-0.2, -0.15) is 0 Å². The van der Waals surface area contributed by atoms with Crippen LogP contribution in [0.25, 0.3) is 10.8 Å². The normalized spacial score (nSPS) is 20.3. The molecule has 0 atom stereocenters. The molecule has 0 aromatic heterocycles. The molecule has 1 aliphatic carbocycles. The Hall–Kier alpha value is -1.51. The highest BCUT2D eigenvalue weighted by molar-refractivity contribution is 5.85. The molecule has 3 heteroatoms. The van der Waals surface area contributed by atoms with Crippen LogP contribution < -0.4 is 0 Å². The molecule has 1 aliphatic rings. The highest BCUT2D eigenvalue weighted by atomic mass is 19.2. The maximum absolute atomic E-state index is 14.6. The number of rotatable bonds is 7. The van der Waals surface area contributed by atoms with Crippen molar-refractivity contribution in [2.24, 2.45) is 11.8 Å². The van der Waals surface area contributed by atoms with Crippen LogP contribution in [0.1, 0.15) is 76.3 Å². The maximum Gasteiger partial charge on any atom is 0.169 e. The molecule has 2 aromatic rings. The summed E-state index contributed by atoms with van der Waals surface area (Å²) in [6, 6.07) is 5.08. The minimum Gasteiger partial charge on any atom is -0.206 e.